The summed E-state index contributed by atoms with van der Waals surface area (Å²) in [5.74, 6) is 4.92. The van der Waals surface area contributed by atoms with E-state index in [4.69, 9.17) is 5.90 Å². The van der Waals surface area contributed by atoms with Crippen molar-refractivity contribution in [3.8, 4) is 0 Å². The van der Waals surface area contributed by atoms with E-state index in [0.29, 0.717) is 0 Å². The van der Waals surface area contributed by atoms with Crippen LogP contribution in [-0.2, 0) is 4.84 Å². The average Bonchev–Trinajstić information content (AvgIpc) is 1.90. The van der Waals surface area contributed by atoms with Gasteiger partial charge in [0.25, 0.3) is 0 Å². The molecule has 0 amide bonds. The fourth-order valence-corrected chi connectivity index (χ4v) is 0.659. The van der Waals surface area contributed by atoms with E-state index in [1.807, 2.05) is 24.3 Å². The Bertz CT molecular complexity index is 118. The van der Waals surface area contributed by atoms with Gasteiger partial charge in [-0.2, -0.15) is 0 Å². The molecule has 2 N–H and O–H groups in total. The van der Waals surface area contributed by atoms with Crippen LogP contribution >= 0.6 is 0 Å². The second-order valence-electron chi connectivity index (χ2n) is 1.72. The lowest BCUT2D eigenvalue weighted by Gasteiger charge is -2.07. The van der Waals surface area contributed by atoms with Crippen LogP contribution < -0.4 is 5.90 Å². The number of hydrogen-bond donors (Lipinski definition) is 1. The van der Waals surface area contributed by atoms with Crippen LogP contribution in [0.4, 0.5) is 0 Å². The van der Waals surface area contributed by atoms with Crippen molar-refractivity contribution >= 4 is 0 Å². The quantitative estimate of drug-likeness (QED) is 0.507. The zero-order valence-electron chi connectivity index (χ0n) is 4.58. The Kier molecular flexibility index (Phi) is 1.83. The molecule has 1 unspecified atom stereocenters. The highest BCUT2D eigenvalue weighted by molar-refractivity contribution is 5.11. The summed E-state index contributed by atoms with van der Waals surface area (Å²) in [6, 6.07) is 0. The van der Waals surface area contributed by atoms with Crippen LogP contribution in [0.15, 0.2) is 24.3 Å². The van der Waals surface area contributed by atoms with Crippen molar-refractivity contribution in [2.45, 2.75) is 12.5 Å². The third-order valence-electron chi connectivity index (χ3n) is 1.12. The highest BCUT2D eigenvalue weighted by atomic mass is 16.6. The van der Waals surface area contributed by atoms with Gasteiger partial charge in [0.15, 0.2) is 0 Å². The zero-order chi connectivity index (χ0) is 5.82. The van der Waals surface area contributed by atoms with Crippen LogP contribution in [0.1, 0.15) is 6.42 Å². The van der Waals surface area contributed by atoms with E-state index >= 15 is 0 Å². The van der Waals surface area contributed by atoms with Crippen molar-refractivity contribution in [1.29, 1.82) is 0 Å². The van der Waals surface area contributed by atoms with Crippen LogP contribution in [-0.4, -0.2) is 6.10 Å². The van der Waals surface area contributed by atoms with Crippen molar-refractivity contribution in [1.82, 2.24) is 0 Å². The van der Waals surface area contributed by atoms with Gasteiger partial charge in [0.2, 0.25) is 0 Å². The lowest BCUT2D eigenvalue weighted by Crippen LogP contribution is -2.14. The Morgan fingerprint density at radius 3 is 2.75 bits per heavy atom. The molecule has 0 heterocycles. The molecular formula is C6H9NO. The van der Waals surface area contributed by atoms with E-state index in [1.165, 1.54) is 0 Å². The fraction of sp³-hybridized carbons (Fsp3) is 0.333. The molecule has 0 aromatic heterocycles. The third-order valence-corrected chi connectivity index (χ3v) is 1.12. The predicted octanol–water partition coefficient (Wildman–Crippen LogP) is 0.761. The molecule has 1 aliphatic carbocycles. The van der Waals surface area contributed by atoms with E-state index in [2.05, 4.69) is 4.84 Å². The van der Waals surface area contributed by atoms with Gasteiger partial charge in [-0.3, -0.25) is 4.84 Å². The maximum absolute atomic E-state index is 4.92. The molecular weight excluding hydrogens is 102 g/mol. The van der Waals surface area contributed by atoms with Crippen molar-refractivity contribution in [3.63, 3.8) is 0 Å². The van der Waals surface area contributed by atoms with Crippen LogP contribution in [0, 0.1) is 0 Å². The first-order chi connectivity index (χ1) is 3.93. The minimum Gasteiger partial charge on any atom is -0.297 e. The monoisotopic (exact) mass is 111 g/mol. The van der Waals surface area contributed by atoms with E-state index in [0.717, 1.165) is 6.42 Å². The van der Waals surface area contributed by atoms with Crippen LogP contribution in [0.5, 0.6) is 0 Å². The molecule has 0 saturated carbocycles. The Morgan fingerprint density at radius 2 is 2.38 bits per heavy atom. The van der Waals surface area contributed by atoms with Crippen molar-refractivity contribution < 1.29 is 4.84 Å². The minimum atomic E-state index is 0.0972. The Morgan fingerprint density at radius 1 is 1.50 bits per heavy atom. The molecule has 8 heavy (non-hydrogen) atoms. The van der Waals surface area contributed by atoms with Gasteiger partial charge in [-0.1, -0.05) is 24.3 Å². The molecule has 0 fully saturated rings. The Hall–Kier alpha value is -0.600. The van der Waals surface area contributed by atoms with Gasteiger partial charge < -0.3 is 0 Å². The first kappa shape index (κ1) is 5.54. The number of hydrogen-bond acceptors (Lipinski definition) is 2. The van der Waals surface area contributed by atoms with E-state index < -0.39 is 0 Å². The maximum Gasteiger partial charge on any atom is 0.101 e. The number of allylic oxidation sites excluding steroid dienone is 2. The summed E-state index contributed by atoms with van der Waals surface area (Å²) in [7, 11) is 0. The van der Waals surface area contributed by atoms with Crippen LogP contribution in [0.2, 0.25) is 0 Å². The maximum atomic E-state index is 4.92. The van der Waals surface area contributed by atoms with Crippen molar-refractivity contribution in [3.05, 3.63) is 24.3 Å². The molecule has 0 spiro atoms. The Labute approximate surface area is 48.6 Å². The highest BCUT2D eigenvalue weighted by Crippen LogP contribution is 2.03. The van der Waals surface area contributed by atoms with Crippen molar-refractivity contribution in [2.24, 2.45) is 5.90 Å². The Balaban J connectivity index is 2.40. The molecule has 0 aromatic carbocycles. The van der Waals surface area contributed by atoms with E-state index in [1.54, 1.807) is 0 Å². The molecule has 0 aliphatic heterocycles. The summed E-state index contributed by atoms with van der Waals surface area (Å²) in [6.45, 7) is 0. The first-order valence-electron chi connectivity index (χ1n) is 2.62. The summed E-state index contributed by atoms with van der Waals surface area (Å²) in [6.07, 6.45) is 8.86. The van der Waals surface area contributed by atoms with Crippen LogP contribution in [0.3, 0.4) is 0 Å². The molecule has 0 bridgehead atoms. The summed E-state index contributed by atoms with van der Waals surface area (Å²) in [5.41, 5.74) is 0. The fourth-order valence-electron chi connectivity index (χ4n) is 0.659. The molecule has 1 aliphatic rings. The molecule has 1 atom stereocenters. The van der Waals surface area contributed by atoms with Gasteiger partial charge in [-0.05, 0) is 6.42 Å². The number of nitrogens with two attached hydrogens (primary N) is 1. The second-order valence-corrected chi connectivity index (χ2v) is 1.72. The molecule has 0 radical (unpaired) electrons. The SMILES string of the molecule is NOC1C=CC=CC1. The molecule has 2 nitrogen and oxygen atoms in total. The lowest BCUT2D eigenvalue weighted by molar-refractivity contribution is 0.0879. The standard InChI is InChI=1S/C6H9NO/c7-8-6-4-2-1-3-5-6/h1-4,6H,5,7H2. The van der Waals surface area contributed by atoms with Gasteiger partial charge in [-0.15, -0.1) is 0 Å². The van der Waals surface area contributed by atoms with Gasteiger partial charge >= 0.3 is 0 Å². The highest BCUT2D eigenvalue weighted by Gasteiger charge is 2.00. The van der Waals surface area contributed by atoms with Gasteiger partial charge in [0, 0.05) is 0 Å². The first-order valence-corrected chi connectivity index (χ1v) is 2.62. The molecule has 44 valence electrons. The normalized spacial score (nSPS) is 26.4. The van der Waals surface area contributed by atoms with Gasteiger partial charge in [0.1, 0.15) is 6.10 Å². The van der Waals surface area contributed by atoms with Crippen LogP contribution in [0.25, 0.3) is 0 Å². The molecule has 1 rings (SSSR count). The van der Waals surface area contributed by atoms with E-state index in [9.17, 15) is 0 Å². The zero-order valence-corrected chi connectivity index (χ0v) is 4.58. The van der Waals surface area contributed by atoms with Gasteiger partial charge in [0.05, 0.1) is 0 Å². The van der Waals surface area contributed by atoms with E-state index in [-0.39, 0.29) is 6.10 Å². The predicted molar refractivity (Wildman–Crippen MR) is 32.0 cm³/mol. The largest absolute Gasteiger partial charge is 0.297 e. The number of rotatable bonds is 1. The minimum absolute atomic E-state index is 0.0972. The summed E-state index contributed by atoms with van der Waals surface area (Å²) < 4.78 is 0. The molecule has 0 aromatic rings. The average molecular weight is 111 g/mol. The van der Waals surface area contributed by atoms with Gasteiger partial charge in [-0.25, -0.2) is 5.90 Å². The topological polar surface area (TPSA) is 35.2 Å². The van der Waals surface area contributed by atoms with Crippen molar-refractivity contribution in [2.75, 3.05) is 0 Å². The molecule has 0 saturated heterocycles. The summed E-state index contributed by atoms with van der Waals surface area (Å²) in [5, 5.41) is 0. The molecule has 2 heteroatoms. The summed E-state index contributed by atoms with van der Waals surface area (Å²) >= 11 is 0. The smallest absolute Gasteiger partial charge is 0.101 e. The summed E-state index contributed by atoms with van der Waals surface area (Å²) in [4.78, 5) is 4.55. The lowest BCUT2D eigenvalue weighted by atomic mass is 10.1. The second kappa shape index (κ2) is 2.64. The third kappa shape index (κ3) is 1.18.